The van der Waals surface area contributed by atoms with Crippen molar-refractivity contribution in [3.8, 4) is 0 Å². The van der Waals surface area contributed by atoms with Gasteiger partial charge < -0.3 is 5.32 Å². The average molecular weight is 265 g/mol. The summed E-state index contributed by atoms with van der Waals surface area (Å²) >= 11 is 1.84. The van der Waals surface area contributed by atoms with Crippen LogP contribution in [0.15, 0.2) is 6.20 Å². The normalized spacial score (nSPS) is 22.5. The molecule has 2 heterocycles. The molecule has 1 N–H and O–H groups in total. The van der Waals surface area contributed by atoms with Crippen molar-refractivity contribution < 1.29 is 0 Å². The molecule has 0 aromatic carbocycles. The Morgan fingerprint density at radius 1 is 1.33 bits per heavy atom. The average Bonchev–Trinajstić information content (AvgIpc) is 3.12. The molecule has 0 bridgehead atoms. The van der Waals surface area contributed by atoms with Crippen LogP contribution in [0.4, 0.5) is 0 Å². The number of hydrogen-bond donors (Lipinski definition) is 1. The van der Waals surface area contributed by atoms with Crippen molar-refractivity contribution in [2.24, 2.45) is 5.92 Å². The first-order chi connectivity index (χ1) is 8.79. The highest BCUT2D eigenvalue weighted by molar-refractivity contribution is 7.11. The van der Waals surface area contributed by atoms with Gasteiger partial charge in [-0.1, -0.05) is 0 Å². The topological polar surface area (TPSA) is 28.2 Å². The van der Waals surface area contributed by atoms with E-state index in [1.165, 1.54) is 55.2 Å². The van der Waals surface area contributed by atoms with Gasteiger partial charge in [0, 0.05) is 23.7 Å². The molecule has 1 aromatic rings. The van der Waals surface area contributed by atoms with E-state index in [-0.39, 0.29) is 0 Å². The highest BCUT2D eigenvalue weighted by Gasteiger charge is 2.24. The summed E-state index contributed by atoms with van der Waals surface area (Å²) in [5.41, 5.74) is 0. The number of nitrogens with one attached hydrogen (secondary N) is 1. The maximum Gasteiger partial charge on any atom is 0.0897 e. The first-order valence-corrected chi connectivity index (χ1v) is 7.98. The number of thiazole rings is 1. The SMILES string of the molecule is Cc1ncc(CN2CCC(CNC3CC3)CC2)s1. The predicted octanol–water partition coefficient (Wildman–Crippen LogP) is 2.42. The molecular weight excluding hydrogens is 242 g/mol. The van der Waals surface area contributed by atoms with Crippen molar-refractivity contribution >= 4 is 11.3 Å². The number of rotatable bonds is 5. The van der Waals surface area contributed by atoms with Crippen molar-refractivity contribution in [1.29, 1.82) is 0 Å². The summed E-state index contributed by atoms with van der Waals surface area (Å²) in [6.07, 6.45) is 7.57. The second kappa shape index (κ2) is 5.68. The number of hydrogen-bond acceptors (Lipinski definition) is 4. The quantitative estimate of drug-likeness (QED) is 0.886. The lowest BCUT2D eigenvalue weighted by Gasteiger charge is -2.31. The van der Waals surface area contributed by atoms with Gasteiger partial charge in [0.25, 0.3) is 0 Å². The maximum atomic E-state index is 4.33. The molecule has 0 unspecified atom stereocenters. The summed E-state index contributed by atoms with van der Waals surface area (Å²) in [6.45, 7) is 6.96. The second-order valence-corrected chi connectivity index (χ2v) is 7.07. The van der Waals surface area contributed by atoms with Crippen LogP contribution in [0.3, 0.4) is 0 Å². The molecule has 3 nitrogen and oxygen atoms in total. The third-order valence-electron chi connectivity index (χ3n) is 4.03. The van der Waals surface area contributed by atoms with E-state index in [9.17, 15) is 0 Å². The molecule has 1 aliphatic heterocycles. The summed E-state index contributed by atoms with van der Waals surface area (Å²) in [6, 6.07) is 0.864. The number of aromatic nitrogens is 1. The molecule has 0 spiro atoms. The Kier molecular flexibility index (Phi) is 3.97. The Labute approximate surface area is 114 Å². The lowest BCUT2D eigenvalue weighted by atomic mass is 9.97. The summed E-state index contributed by atoms with van der Waals surface area (Å²) < 4.78 is 0. The maximum absolute atomic E-state index is 4.33. The van der Waals surface area contributed by atoms with Gasteiger partial charge in [0.1, 0.15) is 0 Å². The van der Waals surface area contributed by atoms with Crippen molar-refractivity contribution in [3.63, 3.8) is 0 Å². The molecule has 0 amide bonds. The highest BCUT2D eigenvalue weighted by Crippen LogP contribution is 2.23. The fourth-order valence-electron chi connectivity index (χ4n) is 2.67. The van der Waals surface area contributed by atoms with Gasteiger partial charge in [0.05, 0.1) is 5.01 Å². The van der Waals surface area contributed by atoms with E-state index < -0.39 is 0 Å². The minimum Gasteiger partial charge on any atom is -0.314 e. The first-order valence-electron chi connectivity index (χ1n) is 7.16. The highest BCUT2D eigenvalue weighted by atomic mass is 32.1. The van der Waals surface area contributed by atoms with Gasteiger partial charge in [0.2, 0.25) is 0 Å². The fraction of sp³-hybridized carbons (Fsp3) is 0.786. The molecule has 18 heavy (non-hydrogen) atoms. The molecule has 1 aromatic heterocycles. The molecule has 2 fully saturated rings. The molecular formula is C14H23N3S. The van der Waals surface area contributed by atoms with Crippen molar-refractivity contribution in [2.75, 3.05) is 19.6 Å². The Morgan fingerprint density at radius 2 is 2.11 bits per heavy atom. The van der Waals surface area contributed by atoms with Gasteiger partial charge in [-0.25, -0.2) is 4.98 Å². The zero-order chi connectivity index (χ0) is 12.4. The Hall–Kier alpha value is -0.450. The van der Waals surface area contributed by atoms with Crippen LogP contribution in [0.25, 0.3) is 0 Å². The third-order valence-corrected chi connectivity index (χ3v) is 4.93. The first kappa shape index (κ1) is 12.6. The van der Waals surface area contributed by atoms with Gasteiger partial charge in [-0.15, -0.1) is 11.3 Å². The van der Waals surface area contributed by atoms with Crippen LogP contribution in [0, 0.1) is 12.8 Å². The van der Waals surface area contributed by atoms with E-state index in [1.807, 2.05) is 17.5 Å². The fourth-order valence-corrected chi connectivity index (χ4v) is 3.51. The molecule has 0 radical (unpaired) electrons. The molecule has 1 saturated heterocycles. The summed E-state index contributed by atoms with van der Waals surface area (Å²) in [5.74, 6) is 0.907. The second-order valence-electron chi connectivity index (χ2n) is 5.75. The number of piperidine rings is 1. The van der Waals surface area contributed by atoms with Gasteiger partial charge in [0.15, 0.2) is 0 Å². The third kappa shape index (κ3) is 3.53. The zero-order valence-electron chi connectivity index (χ0n) is 11.2. The van der Waals surface area contributed by atoms with Gasteiger partial charge >= 0.3 is 0 Å². The van der Waals surface area contributed by atoms with Crippen LogP contribution in [0.5, 0.6) is 0 Å². The van der Waals surface area contributed by atoms with Crippen LogP contribution in [0.2, 0.25) is 0 Å². The van der Waals surface area contributed by atoms with E-state index in [4.69, 9.17) is 0 Å². The van der Waals surface area contributed by atoms with Crippen LogP contribution in [-0.4, -0.2) is 35.6 Å². The molecule has 100 valence electrons. The monoisotopic (exact) mass is 265 g/mol. The van der Waals surface area contributed by atoms with Gasteiger partial charge in [-0.3, -0.25) is 4.90 Å². The summed E-state index contributed by atoms with van der Waals surface area (Å²) in [4.78, 5) is 8.34. The van der Waals surface area contributed by atoms with E-state index in [0.717, 1.165) is 18.5 Å². The Balaban J connectivity index is 1.39. The van der Waals surface area contributed by atoms with Crippen molar-refractivity contribution in [1.82, 2.24) is 15.2 Å². The van der Waals surface area contributed by atoms with Gasteiger partial charge in [-0.05, 0) is 58.2 Å². The number of nitrogens with zero attached hydrogens (tertiary/aromatic N) is 2. The smallest absolute Gasteiger partial charge is 0.0897 e. The molecule has 4 heteroatoms. The van der Waals surface area contributed by atoms with Crippen LogP contribution >= 0.6 is 11.3 Å². The molecule has 0 atom stereocenters. The summed E-state index contributed by atoms with van der Waals surface area (Å²) in [5, 5.41) is 4.86. The number of aryl methyl sites for hydroxylation is 1. The van der Waals surface area contributed by atoms with E-state index in [1.54, 1.807) is 0 Å². The largest absolute Gasteiger partial charge is 0.314 e. The van der Waals surface area contributed by atoms with Gasteiger partial charge in [-0.2, -0.15) is 0 Å². The van der Waals surface area contributed by atoms with E-state index >= 15 is 0 Å². The molecule has 2 aliphatic rings. The Morgan fingerprint density at radius 3 is 2.72 bits per heavy atom. The zero-order valence-corrected chi connectivity index (χ0v) is 12.0. The standard InChI is InChI=1S/C14H23N3S/c1-11-15-9-14(18-11)10-17-6-4-12(5-7-17)8-16-13-2-3-13/h9,12-13,16H,2-8,10H2,1H3. The Bertz CT molecular complexity index is 378. The van der Waals surface area contributed by atoms with Crippen LogP contribution in [0.1, 0.15) is 35.6 Å². The molecule has 1 saturated carbocycles. The van der Waals surface area contributed by atoms with Crippen LogP contribution in [-0.2, 0) is 6.54 Å². The lowest BCUT2D eigenvalue weighted by molar-refractivity contribution is 0.176. The lowest BCUT2D eigenvalue weighted by Crippen LogP contribution is -2.37. The molecule has 1 aliphatic carbocycles. The number of likely N-dealkylation sites (tertiary alicyclic amines) is 1. The van der Waals surface area contributed by atoms with E-state index in [0.29, 0.717) is 0 Å². The van der Waals surface area contributed by atoms with Crippen LogP contribution < -0.4 is 5.32 Å². The van der Waals surface area contributed by atoms with Crippen molar-refractivity contribution in [2.45, 2.75) is 45.2 Å². The van der Waals surface area contributed by atoms with Crippen molar-refractivity contribution in [3.05, 3.63) is 16.1 Å². The predicted molar refractivity (Wildman–Crippen MR) is 75.9 cm³/mol. The minimum absolute atomic E-state index is 0.864. The summed E-state index contributed by atoms with van der Waals surface area (Å²) in [7, 11) is 0. The van der Waals surface area contributed by atoms with E-state index in [2.05, 4.69) is 22.1 Å². The minimum atomic E-state index is 0.864. The molecule has 3 rings (SSSR count).